The molecule has 0 unspecified atom stereocenters. The summed E-state index contributed by atoms with van der Waals surface area (Å²) >= 11 is 0. The van der Waals surface area contributed by atoms with E-state index in [1.165, 1.54) is 0 Å². The first kappa shape index (κ1) is 5.89. The van der Waals surface area contributed by atoms with E-state index in [1.807, 2.05) is 24.3 Å². The zero-order valence-electron chi connectivity index (χ0n) is 5.04. The van der Waals surface area contributed by atoms with Crippen LogP contribution in [0.5, 0.6) is 0 Å². The molecule has 0 saturated carbocycles. The van der Waals surface area contributed by atoms with Gasteiger partial charge in [-0.15, -0.1) is 0 Å². The molecule has 9 heavy (non-hydrogen) atoms. The molecule has 0 aliphatic rings. The minimum absolute atomic E-state index is 0.775. The first-order valence-electron chi connectivity index (χ1n) is 2.73. The summed E-state index contributed by atoms with van der Waals surface area (Å²) < 4.78 is 0. The smallest absolute Gasteiger partial charge is 0.0869 e. The van der Waals surface area contributed by atoms with E-state index in [2.05, 4.69) is 6.58 Å². The summed E-state index contributed by atoms with van der Waals surface area (Å²) in [6, 6.07) is 7.40. The van der Waals surface area contributed by atoms with Gasteiger partial charge in [-0.1, -0.05) is 30.8 Å². The molecule has 1 N–H and O–H groups in total. The van der Waals surface area contributed by atoms with Crippen LogP contribution in [0.1, 0.15) is 0 Å². The van der Waals surface area contributed by atoms with Crippen molar-refractivity contribution in [1.29, 1.82) is 0 Å². The van der Waals surface area contributed by atoms with E-state index in [1.54, 1.807) is 0 Å². The third kappa shape index (κ3) is 1.11. The van der Waals surface area contributed by atoms with Crippen LogP contribution in [0.3, 0.4) is 0 Å². The molecule has 1 heteroatoms. The summed E-state index contributed by atoms with van der Waals surface area (Å²) in [4.78, 5) is 0. The molecule has 0 spiro atoms. The first-order valence-corrected chi connectivity index (χ1v) is 2.73. The van der Waals surface area contributed by atoms with Gasteiger partial charge in [-0.05, 0) is 5.22 Å². The molecule has 0 aliphatic carbocycles. The van der Waals surface area contributed by atoms with Gasteiger partial charge < -0.3 is 5.11 Å². The molecule has 0 fully saturated rings. The molecular weight excluding hydrogens is 112 g/mol. The molecule has 1 nitrogen and oxygen atoms in total. The molecule has 0 aromatic heterocycles. The third-order valence-corrected chi connectivity index (χ3v) is 1.19. The summed E-state index contributed by atoms with van der Waals surface area (Å²) in [5.74, 6) is 0. The Morgan fingerprint density at radius 3 is 2.44 bits per heavy atom. The van der Waals surface area contributed by atoms with Gasteiger partial charge in [0.25, 0.3) is 0 Å². The Bertz CT molecular complexity index is 288. The minimum Gasteiger partial charge on any atom is -0.515 e. The van der Waals surface area contributed by atoms with Gasteiger partial charge in [0.1, 0.15) is 0 Å². The zero-order chi connectivity index (χ0) is 6.69. The Labute approximate surface area is 53.6 Å². The summed E-state index contributed by atoms with van der Waals surface area (Å²) in [5.41, 5.74) is 0. The SMILES string of the molecule is C=c1cccc/c1=C\O. The molecule has 46 valence electrons. The fourth-order valence-electron chi connectivity index (χ4n) is 0.660. The molecule has 0 heterocycles. The zero-order valence-corrected chi connectivity index (χ0v) is 5.04. The van der Waals surface area contributed by atoms with Crippen LogP contribution in [0.2, 0.25) is 0 Å². The highest BCUT2D eigenvalue weighted by molar-refractivity contribution is 5.19. The van der Waals surface area contributed by atoms with Crippen LogP contribution in [0.4, 0.5) is 0 Å². The summed E-state index contributed by atoms with van der Waals surface area (Å²) in [7, 11) is 0. The van der Waals surface area contributed by atoms with Gasteiger partial charge in [-0.2, -0.15) is 0 Å². The number of hydrogen-bond acceptors (Lipinski definition) is 1. The van der Waals surface area contributed by atoms with Crippen molar-refractivity contribution in [2.75, 3.05) is 0 Å². The maximum atomic E-state index is 8.55. The van der Waals surface area contributed by atoms with Crippen LogP contribution in [0.15, 0.2) is 24.3 Å². The fraction of sp³-hybridized carbons (Fsp3) is 0. The molecule has 0 saturated heterocycles. The Kier molecular flexibility index (Phi) is 1.54. The number of aliphatic hydroxyl groups excluding tert-OH is 1. The molecule has 1 aromatic rings. The quantitative estimate of drug-likeness (QED) is 0.525. The summed E-state index contributed by atoms with van der Waals surface area (Å²) in [6.07, 6.45) is 1.06. The highest BCUT2D eigenvalue weighted by Crippen LogP contribution is 1.67. The van der Waals surface area contributed by atoms with Crippen LogP contribution in [0.25, 0.3) is 12.8 Å². The first-order chi connectivity index (χ1) is 4.34. The van der Waals surface area contributed by atoms with Gasteiger partial charge in [0, 0.05) is 5.22 Å². The number of rotatable bonds is 0. The second-order valence-corrected chi connectivity index (χ2v) is 1.83. The lowest BCUT2D eigenvalue weighted by Crippen LogP contribution is -2.21. The summed E-state index contributed by atoms with van der Waals surface area (Å²) in [6.45, 7) is 3.70. The Morgan fingerprint density at radius 1 is 1.33 bits per heavy atom. The van der Waals surface area contributed by atoms with Gasteiger partial charge >= 0.3 is 0 Å². The summed E-state index contributed by atoms with van der Waals surface area (Å²) in [5, 5.41) is 10.2. The van der Waals surface area contributed by atoms with Crippen LogP contribution < -0.4 is 10.4 Å². The molecule has 0 atom stereocenters. The van der Waals surface area contributed by atoms with Crippen molar-refractivity contribution < 1.29 is 5.11 Å². The van der Waals surface area contributed by atoms with Crippen molar-refractivity contribution in [2.24, 2.45) is 0 Å². The number of hydrogen-bond donors (Lipinski definition) is 1. The van der Waals surface area contributed by atoms with Crippen molar-refractivity contribution >= 4 is 12.8 Å². The van der Waals surface area contributed by atoms with Crippen LogP contribution in [-0.2, 0) is 0 Å². The van der Waals surface area contributed by atoms with E-state index in [-0.39, 0.29) is 0 Å². The standard InChI is InChI=1S/C8H8O/c1-7-4-2-3-5-8(7)6-9/h2-6,9H,1H2/b8-6+. The van der Waals surface area contributed by atoms with Gasteiger partial charge in [0.2, 0.25) is 0 Å². The van der Waals surface area contributed by atoms with Crippen LogP contribution >= 0.6 is 0 Å². The Balaban J connectivity index is 3.53. The Hall–Kier alpha value is -1.24. The van der Waals surface area contributed by atoms with Gasteiger partial charge in [0.05, 0.1) is 6.26 Å². The van der Waals surface area contributed by atoms with Crippen molar-refractivity contribution in [3.63, 3.8) is 0 Å². The lowest BCUT2D eigenvalue weighted by Gasteiger charge is -1.82. The van der Waals surface area contributed by atoms with E-state index < -0.39 is 0 Å². The monoisotopic (exact) mass is 120 g/mol. The van der Waals surface area contributed by atoms with E-state index in [0.717, 1.165) is 16.7 Å². The molecule has 0 radical (unpaired) electrons. The van der Waals surface area contributed by atoms with E-state index in [9.17, 15) is 0 Å². The molecule has 1 rings (SSSR count). The maximum absolute atomic E-state index is 8.55. The number of aliphatic hydroxyl groups is 1. The number of benzene rings is 1. The minimum atomic E-state index is 0.775. The lowest BCUT2D eigenvalue weighted by molar-refractivity contribution is 0.540. The largest absolute Gasteiger partial charge is 0.515 e. The second-order valence-electron chi connectivity index (χ2n) is 1.83. The van der Waals surface area contributed by atoms with Gasteiger partial charge in [-0.3, -0.25) is 0 Å². The average molecular weight is 120 g/mol. The second kappa shape index (κ2) is 2.35. The Morgan fingerprint density at radius 2 is 2.00 bits per heavy atom. The van der Waals surface area contributed by atoms with Crippen molar-refractivity contribution in [3.05, 3.63) is 34.7 Å². The van der Waals surface area contributed by atoms with E-state index >= 15 is 0 Å². The predicted molar refractivity (Wildman–Crippen MR) is 38.3 cm³/mol. The predicted octanol–water partition coefficient (Wildman–Crippen LogP) is 0.393. The fourth-order valence-corrected chi connectivity index (χ4v) is 0.660. The third-order valence-electron chi connectivity index (χ3n) is 1.19. The van der Waals surface area contributed by atoms with E-state index in [4.69, 9.17) is 5.11 Å². The normalized spacial score (nSPS) is 11.8. The maximum Gasteiger partial charge on any atom is 0.0869 e. The molecule has 0 amide bonds. The van der Waals surface area contributed by atoms with E-state index in [0.29, 0.717) is 0 Å². The highest BCUT2D eigenvalue weighted by Gasteiger charge is 1.75. The average Bonchev–Trinajstić information content (AvgIpc) is 1.89. The molecule has 0 aliphatic heterocycles. The van der Waals surface area contributed by atoms with Crippen LogP contribution in [0, 0.1) is 0 Å². The van der Waals surface area contributed by atoms with Gasteiger partial charge in [0.15, 0.2) is 0 Å². The van der Waals surface area contributed by atoms with Crippen molar-refractivity contribution in [2.45, 2.75) is 0 Å². The topological polar surface area (TPSA) is 20.2 Å². The molecule has 0 bridgehead atoms. The molecular formula is C8H8O. The van der Waals surface area contributed by atoms with Gasteiger partial charge in [-0.25, -0.2) is 0 Å². The molecule has 1 aromatic carbocycles. The van der Waals surface area contributed by atoms with Crippen molar-refractivity contribution in [1.82, 2.24) is 0 Å². The lowest BCUT2D eigenvalue weighted by atomic mass is 10.3. The highest BCUT2D eigenvalue weighted by atomic mass is 16.2. The van der Waals surface area contributed by atoms with Crippen LogP contribution in [-0.4, -0.2) is 5.11 Å². The van der Waals surface area contributed by atoms with Crippen molar-refractivity contribution in [3.8, 4) is 0 Å².